The van der Waals surface area contributed by atoms with Crippen molar-refractivity contribution in [1.82, 2.24) is 4.90 Å². The van der Waals surface area contributed by atoms with Crippen molar-refractivity contribution in [3.8, 4) is 11.5 Å². The average molecular weight is 299 g/mol. The lowest BCUT2D eigenvalue weighted by Crippen LogP contribution is -2.26. The van der Waals surface area contributed by atoms with E-state index < -0.39 is 0 Å². The zero-order valence-corrected chi connectivity index (χ0v) is 11.8. The van der Waals surface area contributed by atoms with Gasteiger partial charge in [0.2, 0.25) is 6.79 Å². The first-order valence-electron chi connectivity index (χ1n) is 7.17. The van der Waals surface area contributed by atoms with E-state index >= 15 is 0 Å². The van der Waals surface area contributed by atoms with Crippen molar-refractivity contribution in [2.24, 2.45) is 0 Å². The molecule has 0 unspecified atom stereocenters. The van der Waals surface area contributed by atoms with Crippen LogP contribution >= 0.6 is 0 Å². The molecule has 0 N–H and O–H groups in total. The van der Waals surface area contributed by atoms with Gasteiger partial charge in [-0.25, -0.2) is 4.39 Å². The summed E-state index contributed by atoms with van der Waals surface area (Å²) in [5.41, 5.74) is 2.21. The highest BCUT2D eigenvalue weighted by molar-refractivity contribution is 5.99. The lowest BCUT2D eigenvalue weighted by molar-refractivity contribution is 0.0779. The predicted molar refractivity (Wildman–Crippen MR) is 77.4 cm³/mol. The van der Waals surface area contributed by atoms with E-state index in [-0.39, 0.29) is 18.5 Å². The number of nitrogens with zero attached hydrogens (tertiary/aromatic N) is 1. The van der Waals surface area contributed by atoms with E-state index in [4.69, 9.17) is 9.47 Å². The van der Waals surface area contributed by atoms with Crippen molar-refractivity contribution < 1.29 is 18.7 Å². The molecule has 22 heavy (non-hydrogen) atoms. The summed E-state index contributed by atoms with van der Waals surface area (Å²) in [7, 11) is 0. The topological polar surface area (TPSA) is 38.8 Å². The molecule has 0 saturated carbocycles. The van der Waals surface area contributed by atoms with Crippen LogP contribution in [0.4, 0.5) is 4.39 Å². The second kappa shape index (κ2) is 5.02. The lowest BCUT2D eigenvalue weighted by Gasteiger charge is -2.15. The van der Waals surface area contributed by atoms with Gasteiger partial charge in [0.15, 0.2) is 11.5 Å². The molecule has 0 atom stereocenters. The molecule has 2 aliphatic rings. The first-order valence-corrected chi connectivity index (χ1v) is 7.17. The summed E-state index contributed by atoms with van der Waals surface area (Å²) in [6.45, 7) is 1.21. The van der Waals surface area contributed by atoms with Crippen molar-refractivity contribution in [2.75, 3.05) is 13.3 Å². The molecule has 4 nitrogen and oxygen atoms in total. The highest BCUT2D eigenvalue weighted by Crippen LogP contribution is 2.38. The molecule has 2 aromatic rings. The second-order valence-corrected chi connectivity index (χ2v) is 5.43. The summed E-state index contributed by atoms with van der Waals surface area (Å²) in [6, 6.07) is 10.3. The van der Waals surface area contributed by atoms with Crippen molar-refractivity contribution in [3.05, 3.63) is 58.9 Å². The second-order valence-electron chi connectivity index (χ2n) is 5.43. The number of fused-ring (bicyclic) bond motifs is 2. The molecule has 0 fully saturated rings. The third-order valence-electron chi connectivity index (χ3n) is 4.09. The first-order chi connectivity index (χ1) is 10.7. The Balaban J connectivity index is 1.51. The fourth-order valence-corrected chi connectivity index (χ4v) is 2.90. The van der Waals surface area contributed by atoms with Gasteiger partial charge < -0.3 is 14.4 Å². The van der Waals surface area contributed by atoms with Gasteiger partial charge in [0.05, 0.1) is 0 Å². The van der Waals surface area contributed by atoms with Gasteiger partial charge in [0.25, 0.3) is 5.91 Å². The number of rotatable bonds is 3. The molecule has 2 aromatic carbocycles. The van der Waals surface area contributed by atoms with Gasteiger partial charge in [-0.05, 0) is 35.7 Å². The van der Waals surface area contributed by atoms with E-state index in [9.17, 15) is 9.18 Å². The maximum atomic E-state index is 13.6. The number of amides is 1. The van der Waals surface area contributed by atoms with E-state index in [1.54, 1.807) is 29.2 Å². The van der Waals surface area contributed by atoms with Gasteiger partial charge >= 0.3 is 0 Å². The Hall–Kier alpha value is -2.56. The maximum absolute atomic E-state index is 13.6. The number of hydrogen-bond donors (Lipinski definition) is 0. The summed E-state index contributed by atoms with van der Waals surface area (Å²) in [5.74, 6) is 1.03. The maximum Gasteiger partial charge on any atom is 0.254 e. The van der Waals surface area contributed by atoms with Crippen LogP contribution in [0.1, 0.15) is 21.5 Å². The van der Waals surface area contributed by atoms with Crippen molar-refractivity contribution >= 4 is 5.91 Å². The molecule has 4 rings (SSSR count). The molecule has 0 aliphatic carbocycles. The minimum Gasteiger partial charge on any atom is -0.454 e. The van der Waals surface area contributed by atoms with E-state index in [0.29, 0.717) is 42.1 Å². The molecular formula is C17H14FNO3. The van der Waals surface area contributed by atoms with Crippen LogP contribution < -0.4 is 9.47 Å². The molecule has 5 heteroatoms. The normalized spacial score (nSPS) is 15.3. The molecule has 0 saturated heterocycles. The SMILES string of the molecule is O=C1c2cc3c(cc2CN1CCc1ccccc1F)OCO3. The number of ether oxygens (including phenoxy) is 2. The number of carbonyl (C=O) groups excluding carboxylic acids is 1. The van der Waals surface area contributed by atoms with Crippen LogP contribution in [0.5, 0.6) is 11.5 Å². The molecule has 0 spiro atoms. The Morgan fingerprint density at radius 3 is 2.73 bits per heavy atom. The van der Waals surface area contributed by atoms with E-state index in [1.165, 1.54) is 6.07 Å². The van der Waals surface area contributed by atoms with Gasteiger partial charge in [-0.3, -0.25) is 4.79 Å². The summed E-state index contributed by atoms with van der Waals surface area (Å²) < 4.78 is 24.3. The monoisotopic (exact) mass is 299 g/mol. The van der Waals surface area contributed by atoms with Gasteiger partial charge in [-0.1, -0.05) is 18.2 Å². The van der Waals surface area contributed by atoms with E-state index in [0.717, 1.165) is 5.56 Å². The minimum atomic E-state index is -0.229. The predicted octanol–water partition coefficient (Wildman–Crippen LogP) is 2.75. The third-order valence-corrected chi connectivity index (χ3v) is 4.09. The van der Waals surface area contributed by atoms with Crippen LogP contribution in [-0.2, 0) is 13.0 Å². The molecule has 2 aliphatic heterocycles. The molecular weight excluding hydrogens is 285 g/mol. The zero-order valence-electron chi connectivity index (χ0n) is 11.8. The van der Waals surface area contributed by atoms with Crippen molar-refractivity contribution in [1.29, 1.82) is 0 Å². The average Bonchev–Trinajstić information content (AvgIpc) is 3.09. The van der Waals surface area contributed by atoms with Crippen molar-refractivity contribution in [3.63, 3.8) is 0 Å². The van der Waals surface area contributed by atoms with Crippen LogP contribution in [0.3, 0.4) is 0 Å². The van der Waals surface area contributed by atoms with Crippen molar-refractivity contribution in [2.45, 2.75) is 13.0 Å². The Morgan fingerprint density at radius 2 is 1.91 bits per heavy atom. The number of halogens is 1. The minimum absolute atomic E-state index is 0.0374. The summed E-state index contributed by atoms with van der Waals surface area (Å²) in [5, 5.41) is 0. The highest BCUT2D eigenvalue weighted by Gasteiger charge is 2.30. The number of hydrogen-bond acceptors (Lipinski definition) is 3. The summed E-state index contributed by atoms with van der Waals surface area (Å²) in [6.07, 6.45) is 0.499. The Labute approximate surface area is 127 Å². The fourth-order valence-electron chi connectivity index (χ4n) is 2.90. The summed E-state index contributed by atoms with van der Waals surface area (Å²) in [4.78, 5) is 14.2. The highest BCUT2D eigenvalue weighted by atomic mass is 19.1. The largest absolute Gasteiger partial charge is 0.454 e. The number of benzene rings is 2. The van der Waals surface area contributed by atoms with Gasteiger partial charge in [-0.15, -0.1) is 0 Å². The molecule has 1 amide bonds. The van der Waals surface area contributed by atoms with Crippen LogP contribution in [0.25, 0.3) is 0 Å². The fraction of sp³-hybridized carbons (Fsp3) is 0.235. The van der Waals surface area contributed by atoms with Gasteiger partial charge in [0, 0.05) is 18.7 Å². The Bertz CT molecular complexity index is 760. The smallest absolute Gasteiger partial charge is 0.254 e. The third kappa shape index (κ3) is 2.09. The van der Waals surface area contributed by atoms with Crippen LogP contribution in [0.15, 0.2) is 36.4 Å². The summed E-state index contributed by atoms with van der Waals surface area (Å²) >= 11 is 0. The first kappa shape index (κ1) is 13.1. The molecule has 0 bridgehead atoms. The molecule has 0 radical (unpaired) electrons. The zero-order chi connectivity index (χ0) is 15.1. The lowest BCUT2D eigenvalue weighted by atomic mass is 10.1. The van der Waals surface area contributed by atoms with E-state index in [1.807, 2.05) is 6.07 Å². The van der Waals surface area contributed by atoms with Gasteiger partial charge in [-0.2, -0.15) is 0 Å². The van der Waals surface area contributed by atoms with E-state index in [2.05, 4.69) is 0 Å². The standard InChI is InChI=1S/C17H14FNO3/c18-14-4-2-1-3-11(14)5-6-19-9-12-7-15-16(22-10-21-15)8-13(12)17(19)20/h1-4,7-8H,5-6,9-10H2. The number of carbonyl (C=O) groups is 1. The Kier molecular flexibility index (Phi) is 2.99. The Morgan fingerprint density at radius 1 is 1.14 bits per heavy atom. The van der Waals surface area contributed by atoms with Crippen LogP contribution in [0, 0.1) is 5.82 Å². The van der Waals surface area contributed by atoms with Gasteiger partial charge in [0.1, 0.15) is 5.82 Å². The molecule has 2 heterocycles. The molecule has 112 valence electrons. The van der Waals surface area contributed by atoms with Crippen LogP contribution in [-0.4, -0.2) is 24.1 Å². The van der Waals surface area contributed by atoms with Crippen LogP contribution in [0.2, 0.25) is 0 Å². The quantitative estimate of drug-likeness (QED) is 0.875. The molecule has 0 aromatic heterocycles.